The first-order valence-electron chi connectivity index (χ1n) is 5.19. The molecule has 0 heterocycles. The lowest BCUT2D eigenvalue weighted by atomic mass is 10.2. The normalized spacial score (nSPS) is 11.4. The summed E-state index contributed by atoms with van der Waals surface area (Å²) in [6.07, 6.45) is 0. The van der Waals surface area contributed by atoms with Crippen molar-refractivity contribution in [2.24, 2.45) is 0 Å². The quantitative estimate of drug-likeness (QED) is 0.573. The van der Waals surface area contributed by atoms with Crippen molar-refractivity contribution in [2.45, 2.75) is 26.4 Å². The highest BCUT2D eigenvalue weighted by Crippen LogP contribution is 2.04. The van der Waals surface area contributed by atoms with E-state index in [-0.39, 0.29) is 5.60 Å². The molecular weight excluding hydrogens is 188 g/mol. The molecule has 1 aromatic carbocycles. The zero-order valence-electron chi connectivity index (χ0n) is 9.63. The van der Waals surface area contributed by atoms with Gasteiger partial charge < -0.3 is 5.32 Å². The van der Waals surface area contributed by atoms with Crippen LogP contribution in [0.2, 0.25) is 0 Å². The maximum absolute atomic E-state index is 5.37. The van der Waals surface area contributed by atoms with Gasteiger partial charge in [0, 0.05) is 18.8 Å². The number of hydrogen-bond acceptors (Lipinski definition) is 3. The Hall–Kier alpha value is -1.06. The number of hydroxylamine groups is 1. The first kappa shape index (κ1) is 12.0. The molecule has 0 aliphatic heterocycles. The molecule has 0 aliphatic rings. The van der Waals surface area contributed by atoms with Crippen LogP contribution in [0.15, 0.2) is 24.3 Å². The molecule has 0 aliphatic carbocycles. The average Bonchev–Trinajstić information content (AvgIpc) is 2.17. The lowest BCUT2D eigenvalue weighted by Crippen LogP contribution is -2.32. The standard InChI is InChI=1S/C12H19N2O/c1-12(2,3)15-14-10-9-13-11-7-5-4-6-8-11/h5-8,13-14H,9-10H2,1-3H3. The Balaban J connectivity index is 2.08. The Morgan fingerprint density at radius 1 is 1.20 bits per heavy atom. The second-order valence-corrected chi connectivity index (χ2v) is 4.32. The molecule has 0 unspecified atom stereocenters. The minimum atomic E-state index is -0.137. The minimum Gasteiger partial charge on any atom is -0.384 e. The molecule has 3 heteroatoms. The van der Waals surface area contributed by atoms with Crippen LogP contribution < -0.4 is 10.8 Å². The van der Waals surface area contributed by atoms with E-state index in [4.69, 9.17) is 4.84 Å². The van der Waals surface area contributed by atoms with Gasteiger partial charge in [-0.05, 0) is 39.0 Å². The van der Waals surface area contributed by atoms with Crippen molar-refractivity contribution in [3.8, 4) is 0 Å². The van der Waals surface area contributed by atoms with Gasteiger partial charge in [-0.25, -0.2) is 5.48 Å². The molecule has 0 amide bonds. The fourth-order valence-corrected chi connectivity index (χ4v) is 1.03. The average molecular weight is 207 g/mol. The van der Waals surface area contributed by atoms with E-state index in [1.807, 2.05) is 45.0 Å². The molecule has 0 saturated carbocycles. The number of rotatable bonds is 5. The molecule has 15 heavy (non-hydrogen) atoms. The SMILES string of the molecule is CC(C)(C)ONCCNc1cc[c]cc1. The predicted molar refractivity (Wildman–Crippen MR) is 62.6 cm³/mol. The molecule has 3 nitrogen and oxygen atoms in total. The molecule has 2 N–H and O–H groups in total. The largest absolute Gasteiger partial charge is 0.384 e. The van der Waals surface area contributed by atoms with Crippen molar-refractivity contribution in [1.29, 1.82) is 0 Å². The van der Waals surface area contributed by atoms with Gasteiger partial charge in [-0.15, -0.1) is 0 Å². The molecule has 0 aromatic heterocycles. The fourth-order valence-electron chi connectivity index (χ4n) is 1.03. The van der Waals surface area contributed by atoms with E-state index in [9.17, 15) is 0 Å². The van der Waals surface area contributed by atoms with E-state index in [1.54, 1.807) is 0 Å². The Bertz CT molecular complexity index is 267. The monoisotopic (exact) mass is 207 g/mol. The maximum Gasteiger partial charge on any atom is 0.0812 e. The van der Waals surface area contributed by atoms with Gasteiger partial charge in [0.25, 0.3) is 0 Å². The highest BCUT2D eigenvalue weighted by Gasteiger charge is 2.08. The third kappa shape index (κ3) is 6.10. The third-order valence-electron chi connectivity index (χ3n) is 1.65. The van der Waals surface area contributed by atoms with Gasteiger partial charge in [-0.2, -0.15) is 0 Å². The highest BCUT2D eigenvalue weighted by atomic mass is 16.7. The third-order valence-corrected chi connectivity index (χ3v) is 1.65. The zero-order valence-corrected chi connectivity index (χ0v) is 9.63. The smallest absolute Gasteiger partial charge is 0.0812 e. The van der Waals surface area contributed by atoms with E-state index < -0.39 is 0 Å². The molecule has 0 atom stereocenters. The van der Waals surface area contributed by atoms with Crippen LogP contribution in [-0.2, 0) is 4.84 Å². The van der Waals surface area contributed by atoms with Gasteiger partial charge >= 0.3 is 0 Å². The Morgan fingerprint density at radius 3 is 2.47 bits per heavy atom. The van der Waals surface area contributed by atoms with E-state index in [1.165, 1.54) is 0 Å². The first-order chi connectivity index (χ1) is 7.08. The molecule has 1 radical (unpaired) electrons. The number of hydrogen-bond donors (Lipinski definition) is 2. The summed E-state index contributed by atoms with van der Waals surface area (Å²) < 4.78 is 0. The molecule has 1 aromatic rings. The van der Waals surface area contributed by atoms with Gasteiger partial charge in [0.05, 0.1) is 5.60 Å². The molecule has 0 spiro atoms. The summed E-state index contributed by atoms with van der Waals surface area (Å²) >= 11 is 0. The molecule has 0 bridgehead atoms. The lowest BCUT2D eigenvalue weighted by Gasteiger charge is -2.19. The Labute approximate surface area is 91.8 Å². The van der Waals surface area contributed by atoms with Crippen LogP contribution in [-0.4, -0.2) is 18.7 Å². The summed E-state index contributed by atoms with van der Waals surface area (Å²) in [4.78, 5) is 5.37. The van der Waals surface area contributed by atoms with Crippen molar-refractivity contribution in [1.82, 2.24) is 5.48 Å². The second-order valence-electron chi connectivity index (χ2n) is 4.32. The summed E-state index contributed by atoms with van der Waals surface area (Å²) in [5, 5.41) is 3.27. The van der Waals surface area contributed by atoms with E-state index in [2.05, 4.69) is 16.9 Å². The number of benzene rings is 1. The van der Waals surface area contributed by atoms with Gasteiger partial charge in [0.15, 0.2) is 0 Å². The van der Waals surface area contributed by atoms with E-state index in [0.29, 0.717) is 0 Å². The highest BCUT2D eigenvalue weighted by molar-refractivity contribution is 5.41. The zero-order chi connectivity index (χ0) is 11.1. The topological polar surface area (TPSA) is 33.3 Å². The van der Waals surface area contributed by atoms with Gasteiger partial charge in [-0.1, -0.05) is 12.1 Å². The van der Waals surface area contributed by atoms with Crippen LogP contribution in [0.1, 0.15) is 20.8 Å². The van der Waals surface area contributed by atoms with Crippen LogP contribution in [0.25, 0.3) is 0 Å². The molecule has 1 rings (SSSR count). The number of anilines is 1. The maximum atomic E-state index is 5.37. The van der Waals surface area contributed by atoms with Crippen LogP contribution in [0.5, 0.6) is 0 Å². The van der Waals surface area contributed by atoms with Gasteiger partial charge in [-0.3, -0.25) is 4.84 Å². The Morgan fingerprint density at radius 2 is 1.87 bits per heavy atom. The fraction of sp³-hybridized carbons (Fsp3) is 0.500. The molecule has 0 saturated heterocycles. The van der Waals surface area contributed by atoms with Crippen LogP contribution in [0, 0.1) is 6.07 Å². The van der Waals surface area contributed by atoms with Gasteiger partial charge in [0.1, 0.15) is 0 Å². The first-order valence-corrected chi connectivity index (χ1v) is 5.19. The van der Waals surface area contributed by atoms with E-state index >= 15 is 0 Å². The van der Waals surface area contributed by atoms with E-state index in [0.717, 1.165) is 18.8 Å². The van der Waals surface area contributed by atoms with Crippen LogP contribution in [0.3, 0.4) is 0 Å². The van der Waals surface area contributed by atoms with Crippen molar-refractivity contribution >= 4 is 5.69 Å². The minimum absolute atomic E-state index is 0.137. The summed E-state index contributed by atoms with van der Waals surface area (Å²) in [5.74, 6) is 0. The lowest BCUT2D eigenvalue weighted by molar-refractivity contribution is -0.0706. The van der Waals surface area contributed by atoms with Crippen LogP contribution >= 0.6 is 0 Å². The Kier molecular flexibility index (Phi) is 4.59. The van der Waals surface area contributed by atoms with Crippen LogP contribution in [0.4, 0.5) is 5.69 Å². The molecule has 0 fully saturated rings. The summed E-state index contributed by atoms with van der Waals surface area (Å²) in [6, 6.07) is 10.7. The molecule has 83 valence electrons. The molecular formula is C12H19N2O. The number of nitrogens with one attached hydrogen (secondary N) is 2. The predicted octanol–water partition coefficient (Wildman–Crippen LogP) is 2.22. The van der Waals surface area contributed by atoms with Crippen molar-refractivity contribution in [3.05, 3.63) is 30.3 Å². The summed E-state index contributed by atoms with van der Waals surface area (Å²) in [6.45, 7) is 7.65. The van der Waals surface area contributed by atoms with Crippen molar-refractivity contribution < 1.29 is 4.84 Å². The summed E-state index contributed by atoms with van der Waals surface area (Å²) in [7, 11) is 0. The summed E-state index contributed by atoms with van der Waals surface area (Å²) in [5.41, 5.74) is 3.89. The van der Waals surface area contributed by atoms with Gasteiger partial charge in [0.2, 0.25) is 0 Å². The second kappa shape index (κ2) is 5.73. The van der Waals surface area contributed by atoms with Crippen molar-refractivity contribution in [3.63, 3.8) is 0 Å². The van der Waals surface area contributed by atoms with Crippen molar-refractivity contribution in [2.75, 3.05) is 18.4 Å².